The average molecular weight is 522 g/mol. The van der Waals surface area contributed by atoms with E-state index in [0.717, 1.165) is 11.3 Å². The number of carbonyl (C=O) groups excluding carboxylic acids is 1. The topological polar surface area (TPSA) is 123 Å². The lowest BCUT2D eigenvalue weighted by Gasteiger charge is -2.12. The first-order chi connectivity index (χ1) is 16.7. The van der Waals surface area contributed by atoms with Crippen molar-refractivity contribution in [3.05, 3.63) is 93.6 Å². The Morgan fingerprint density at radius 2 is 1.83 bits per heavy atom. The van der Waals surface area contributed by atoms with Crippen LogP contribution in [0.15, 0.2) is 73.1 Å². The van der Waals surface area contributed by atoms with Gasteiger partial charge in [-0.05, 0) is 47.9 Å². The van der Waals surface area contributed by atoms with E-state index in [9.17, 15) is 23.7 Å². The van der Waals surface area contributed by atoms with Crippen LogP contribution < -0.4 is 4.74 Å². The number of hydrogen-bond donors (Lipinski definition) is 2. The molecule has 8 nitrogen and oxygen atoms in total. The van der Waals surface area contributed by atoms with Gasteiger partial charge in [0.1, 0.15) is 16.4 Å². The Kier molecular flexibility index (Phi) is 10.1. The molecule has 2 aromatic heterocycles. The standard InChI is InChI=1S/C16H10F2NO5PS.C5H5NO.C2H6/c17-16(18,25-23)10-1-6-13-9(7-10)8-14(26-13)15(20)24-12-4-2-11(3-5-12)19(21)22;7-5-2-1-3-6-4-5;1-2/h1-8,23,25H;1-4,7H;1-2H3. The van der Waals surface area contributed by atoms with Gasteiger partial charge in [0, 0.05) is 28.6 Å². The highest BCUT2D eigenvalue weighted by Gasteiger charge is 2.31. The molecule has 0 aliphatic heterocycles. The van der Waals surface area contributed by atoms with Gasteiger partial charge in [-0.1, -0.05) is 19.9 Å². The van der Waals surface area contributed by atoms with Crippen molar-refractivity contribution in [2.45, 2.75) is 19.5 Å². The van der Waals surface area contributed by atoms with Crippen molar-refractivity contribution < 1.29 is 33.2 Å². The summed E-state index contributed by atoms with van der Waals surface area (Å²) in [6.45, 7) is 4.00. The van der Waals surface area contributed by atoms with Crippen LogP contribution in [0.4, 0.5) is 14.5 Å². The highest BCUT2D eigenvalue weighted by molar-refractivity contribution is 7.32. The summed E-state index contributed by atoms with van der Waals surface area (Å²) >= 11 is 1.07. The number of alkyl halides is 2. The molecular weight excluding hydrogens is 501 g/mol. The highest BCUT2D eigenvalue weighted by Crippen LogP contribution is 2.43. The lowest BCUT2D eigenvalue weighted by Crippen LogP contribution is -2.06. The van der Waals surface area contributed by atoms with E-state index in [2.05, 4.69) is 4.98 Å². The maximum atomic E-state index is 13.6. The van der Waals surface area contributed by atoms with Crippen LogP contribution in [0.3, 0.4) is 0 Å². The van der Waals surface area contributed by atoms with Gasteiger partial charge in [0.25, 0.3) is 5.69 Å². The number of rotatable bonds is 5. The number of carbonyl (C=O) groups is 1. The van der Waals surface area contributed by atoms with Crippen molar-refractivity contribution in [1.29, 1.82) is 0 Å². The second-order valence-electron chi connectivity index (χ2n) is 6.40. The molecule has 12 heteroatoms. The van der Waals surface area contributed by atoms with Gasteiger partial charge in [0.2, 0.25) is 0 Å². The summed E-state index contributed by atoms with van der Waals surface area (Å²) in [5, 5.41) is 19.6. The van der Waals surface area contributed by atoms with Gasteiger partial charge < -0.3 is 14.7 Å². The fourth-order valence-corrected chi connectivity index (χ4v) is 3.75. The number of fused-ring (bicyclic) bond motifs is 1. The molecule has 0 saturated carbocycles. The number of hydrogen-bond acceptors (Lipinski definition) is 8. The number of ether oxygens (including phenoxy) is 1. The van der Waals surface area contributed by atoms with E-state index >= 15 is 0 Å². The zero-order valence-electron chi connectivity index (χ0n) is 18.5. The van der Waals surface area contributed by atoms with Crippen molar-refractivity contribution in [3.8, 4) is 11.5 Å². The lowest BCUT2D eigenvalue weighted by atomic mass is 10.1. The van der Waals surface area contributed by atoms with E-state index in [1.165, 1.54) is 54.7 Å². The Balaban J connectivity index is 0.000000407. The van der Waals surface area contributed by atoms with Crippen LogP contribution >= 0.6 is 20.1 Å². The summed E-state index contributed by atoms with van der Waals surface area (Å²) in [5.74, 6) is -0.355. The minimum Gasteiger partial charge on any atom is -0.506 e. The Hall–Kier alpha value is -3.53. The third-order valence-electron chi connectivity index (χ3n) is 4.12. The number of pyridine rings is 1. The number of nitro benzene ring substituents is 1. The third-order valence-corrected chi connectivity index (χ3v) is 5.79. The third kappa shape index (κ3) is 7.74. The molecular formula is C23H21F2N2O6PS. The summed E-state index contributed by atoms with van der Waals surface area (Å²) in [6, 6.07) is 13.6. The molecule has 4 aromatic rings. The van der Waals surface area contributed by atoms with Gasteiger partial charge >= 0.3 is 11.6 Å². The Morgan fingerprint density at radius 3 is 2.34 bits per heavy atom. The summed E-state index contributed by atoms with van der Waals surface area (Å²) < 4.78 is 32.9. The molecule has 184 valence electrons. The van der Waals surface area contributed by atoms with Crippen molar-refractivity contribution >= 4 is 41.9 Å². The lowest BCUT2D eigenvalue weighted by molar-refractivity contribution is -0.384. The molecule has 0 bridgehead atoms. The van der Waals surface area contributed by atoms with Crippen LogP contribution in [0.2, 0.25) is 0 Å². The molecule has 1 atom stereocenters. The zero-order valence-corrected chi connectivity index (χ0v) is 20.3. The first-order valence-electron chi connectivity index (χ1n) is 10.1. The number of nitro groups is 1. The number of nitrogens with zero attached hydrogens (tertiary/aromatic N) is 2. The largest absolute Gasteiger partial charge is 0.506 e. The molecule has 0 saturated heterocycles. The maximum Gasteiger partial charge on any atom is 0.353 e. The van der Waals surface area contributed by atoms with E-state index in [-0.39, 0.29) is 27.6 Å². The highest BCUT2D eigenvalue weighted by atomic mass is 32.1. The molecule has 0 aliphatic rings. The van der Waals surface area contributed by atoms with E-state index in [1.807, 2.05) is 13.8 Å². The molecule has 2 aromatic carbocycles. The second kappa shape index (κ2) is 12.8. The fourth-order valence-electron chi connectivity index (χ4n) is 2.55. The van der Waals surface area contributed by atoms with Crippen molar-refractivity contribution in [3.63, 3.8) is 0 Å². The first kappa shape index (κ1) is 27.7. The molecule has 0 fully saturated rings. The summed E-state index contributed by atoms with van der Waals surface area (Å²) in [5.41, 5.74) is -3.81. The van der Waals surface area contributed by atoms with Crippen molar-refractivity contribution in [2.75, 3.05) is 0 Å². The van der Waals surface area contributed by atoms with Crippen LogP contribution in [-0.4, -0.2) is 25.9 Å². The second-order valence-corrected chi connectivity index (χ2v) is 8.34. The van der Waals surface area contributed by atoms with Gasteiger partial charge in [-0.3, -0.25) is 15.1 Å². The molecule has 0 aliphatic carbocycles. The quantitative estimate of drug-likeness (QED) is 0.101. The van der Waals surface area contributed by atoms with E-state index in [4.69, 9.17) is 14.7 Å². The molecule has 1 unspecified atom stereocenters. The summed E-state index contributed by atoms with van der Waals surface area (Å²) in [6.07, 6.45) is 3.00. The van der Waals surface area contributed by atoms with Gasteiger partial charge in [0.15, 0.2) is 0 Å². The molecule has 2 heterocycles. The normalized spacial score (nSPS) is 10.8. The van der Waals surface area contributed by atoms with Gasteiger partial charge in [-0.2, -0.15) is 8.78 Å². The van der Waals surface area contributed by atoms with E-state index in [0.29, 0.717) is 10.1 Å². The molecule has 4 rings (SSSR count). The first-order valence-corrected chi connectivity index (χ1v) is 11.8. The minimum absolute atomic E-state index is 0.131. The van der Waals surface area contributed by atoms with Gasteiger partial charge in [-0.25, -0.2) is 4.79 Å². The Bertz CT molecular complexity index is 1270. The van der Waals surface area contributed by atoms with Gasteiger partial charge in [0.05, 0.1) is 19.9 Å². The van der Waals surface area contributed by atoms with Crippen LogP contribution in [0, 0.1) is 10.1 Å². The number of benzene rings is 2. The fraction of sp³-hybridized carbons (Fsp3) is 0.130. The number of thiophene rings is 1. The molecule has 35 heavy (non-hydrogen) atoms. The number of non-ortho nitro benzene ring substituents is 1. The number of halogens is 2. The summed E-state index contributed by atoms with van der Waals surface area (Å²) in [7, 11) is -1.56. The van der Waals surface area contributed by atoms with Crippen molar-refractivity contribution in [1.82, 2.24) is 4.98 Å². The predicted molar refractivity (Wildman–Crippen MR) is 132 cm³/mol. The predicted octanol–water partition coefficient (Wildman–Crippen LogP) is 6.48. The van der Waals surface area contributed by atoms with Crippen LogP contribution in [0.25, 0.3) is 10.1 Å². The monoisotopic (exact) mass is 522 g/mol. The number of aromatic nitrogens is 1. The van der Waals surface area contributed by atoms with Crippen LogP contribution in [0.1, 0.15) is 29.1 Å². The van der Waals surface area contributed by atoms with Crippen molar-refractivity contribution in [2.24, 2.45) is 0 Å². The van der Waals surface area contributed by atoms with Crippen LogP contribution in [0.5, 0.6) is 11.5 Å². The van der Waals surface area contributed by atoms with E-state index < -0.39 is 25.4 Å². The van der Waals surface area contributed by atoms with E-state index in [1.54, 1.807) is 18.3 Å². The molecule has 0 spiro atoms. The zero-order chi connectivity index (χ0) is 26.0. The average Bonchev–Trinajstić information content (AvgIpc) is 3.30. The Labute approximate surface area is 204 Å². The smallest absolute Gasteiger partial charge is 0.353 e. The molecule has 0 amide bonds. The SMILES string of the molecule is CC.O=C(Oc1ccc([N+](=O)[O-])cc1)c1cc2cc(C(F)(F)PO)ccc2s1.Oc1cccnc1. The summed E-state index contributed by atoms with van der Waals surface area (Å²) in [4.78, 5) is 34.9. The molecule has 0 radical (unpaired) electrons. The molecule has 2 N–H and O–H groups in total. The van der Waals surface area contributed by atoms with Gasteiger partial charge in [-0.15, -0.1) is 11.3 Å². The number of esters is 1. The maximum absolute atomic E-state index is 13.6. The Morgan fingerprint density at radius 1 is 1.14 bits per heavy atom. The minimum atomic E-state index is -3.34. The number of aromatic hydroxyl groups is 1. The van der Waals surface area contributed by atoms with Crippen LogP contribution in [-0.2, 0) is 5.66 Å².